The van der Waals surface area contributed by atoms with E-state index in [0.717, 1.165) is 33.9 Å². The van der Waals surface area contributed by atoms with Crippen molar-refractivity contribution in [1.82, 2.24) is 14.5 Å². The van der Waals surface area contributed by atoms with Crippen molar-refractivity contribution in [2.75, 3.05) is 26.2 Å². The van der Waals surface area contributed by atoms with E-state index in [-0.39, 0.29) is 28.6 Å². The number of nitrogens with two attached hydrogens (primary N) is 1. The van der Waals surface area contributed by atoms with Crippen molar-refractivity contribution in [3.63, 3.8) is 0 Å². The number of thiophene rings is 2. The van der Waals surface area contributed by atoms with Crippen LogP contribution in [0.15, 0.2) is 28.5 Å². The Morgan fingerprint density at radius 2 is 1.84 bits per heavy atom. The lowest BCUT2D eigenvalue weighted by Gasteiger charge is -2.34. The van der Waals surface area contributed by atoms with Gasteiger partial charge in [-0.25, -0.2) is 8.42 Å². The van der Waals surface area contributed by atoms with Gasteiger partial charge in [-0.1, -0.05) is 11.6 Å². The van der Waals surface area contributed by atoms with Gasteiger partial charge in [-0.2, -0.15) is 4.72 Å². The van der Waals surface area contributed by atoms with Gasteiger partial charge in [0.1, 0.15) is 10.3 Å². The number of rotatable bonds is 7. The smallest absolute Gasteiger partial charge is 0.250 e. The van der Waals surface area contributed by atoms with Gasteiger partial charge in [0, 0.05) is 35.4 Å². The zero-order chi connectivity index (χ0) is 22.9. The average molecular weight is 517 g/mol. The molecule has 2 fully saturated rings. The summed E-state index contributed by atoms with van der Waals surface area (Å²) >= 11 is 8.48. The van der Waals surface area contributed by atoms with E-state index in [1.54, 1.807) is 17.0 Å². The molecule has 0 radical (unpaired) electrons. The summed E-state index contributed by atoms with van der Waals surface area (Å²) in [5, 5.41) is 0. The van der Waals surface area contributed by atoms with Crippen LogP contribution >= 0.6 is 34.3 Å². The third-order valence-corrected chi connectivity index (χ3v) is 10.3. The van der Waals surface area contributed by atoms with Gasteiger partial charge in [-0.3, -0.25) is 9.59 Å². The maximum atomic E-state index is 13.0. The summed E-state index contributed by atoms with van der Waals surface area (Å²) in [6.45, 7) is 1.44. The lowest BCUT2D eigenvalue weighted by atomic mass is 10.1. The number of amides is 2. The first kappa shape index (κ1) is 23.7. The van der Waals surface area contributed by atoms with Crippen LogP contribution in [0.5, 0.6) is 0 Å². The molecule has 4 rings (SSSR count). The average Bonchev–Trinajstić information content (AvgIpc) is 3.50. The van der Waals surface area contributed by atoms with E-state index < -0.39 is 16.1 Å². The second-order valence-electron chi connectivity index (χ2n) is 7.92. The Morgan fingerprint density at radius 3 is 2.56 bits per heavy atom. The maximum absolute atomic E-state index is 13.0. The van der Waals surface area contributed by atoms with Crippen LogP contribution in [-0.4, -0.2) is 68.3 Å². The molecule has 2 aromatic heterocycles. The van der Waals surface area contributed by atoms with Gasteiger partial charge in [-0.05, 0) is 49.9 Å². The molecular weight excluding hydrogens is 492 g/mol. The van der Waals surface area contributed by atoms with Crippen LogP contribution in [0.3, 0.4) is 0 Å². The van der Waals surface area contributed by atoms with E-state index in [0.29, 0.717) is 36.8 Å². The lowest BCUT2D eigenvalue weighted by molar-refractivity contribution is -0.143. The predicted octanol–water partition coefficient (Wildman–Crippen LogP) is 2.35. The highest BCUT2D eigenvalue weighted by Crippen LogP contribution is 2.36. The first-order chi connectivity index (χ1) is 15.3. The number of hydrogen-bond donors (Lipinski definition) is 2. The quantitative estimate of drug-likeness (QED) is 0.586. The number of halogens is 1. The normalized spacial score (nSPS) is 22.0. The Hall–Kier alpha value is -1.50. The van der Waals surface area contributed by atoms with E-state index >= 15 is 0 Å². The van der Waals surface area contributed by atoms with Crippen molar-refractivity contribution >= 4 is 56.1 Å². The fraction of sp³-hybridized carbons (Fsp3) is 0.500. The molecule has 0 spiro atoms. The molecule has 0 saturated carbocycles. The molecule has 2 aliphatic heterocycles. The molecule has 2 saturated heterocycles. The Balaban J connectivity index is 1.42. The molecule has 8 nitrogen and oxygen atoms in total. The molecule has 2 aliphatic rings. The van der Waals surface area contributed by atoms with Gasteiger partial charge in [-0.15, -0.1) is 22.7 Å². The number of piperidine rings is 1. The highest BCUT2D eigenvalue weighted by molar-refractivity contribution is 7.91. The minimum absolute atomic E-state index is 0.0166. The lowest BCUT2D eigenvalue weighted by Crippen LogP contribution is -2.55. The van der Waals surface area contributed by atoms with Crippen molar-refractivity contribution in [2.45, 2.75) is 42.0 Å². The molecule has 174 valence electrons. The first-order valence-corrected chi connectivity index (χ1v) is 13.9. The number of nitrogens with one attached hydrogen (secondary N) is 1. The fourth-order valence-corrected chi connectivity index (χ4v) is 7.84. The highest BCUT2D eigenvalue weighted by atomic mass is 35.5. The van der Waals surface area contributed by atoms with Crippen molar-refractivity contribution < 1.29 is 18.0 Å². The SMILES string of the molecule is NCC1CCCN1C(=O)CN1CCCC(NS(=O)(=O)c2ccc(-c3ccc(Cl)s3)s2)C1=O. The van der Waals surface area contributed by atoms with Crippen LogP contribution in [-0.2, 0) is 19.6 Å². The predicted molar refractivity (Wildman–Crippen MR) is 126 cm³/mol. The summed E-state index contributed by atoms with van der Waals surface area (Å²) in [6, 6.07) is 6.01. The molecule has 2 aromatic rings. The molecule has 0 aromatic carbocycles. The standard InChI is InChI=1S/C20H25ClN4O4S3/c21-17-7-5-15(30-17)16-6-8-19(31-16)32(28,29)23-14-4-2-9-24(20(14)27)12-18(26)25-10-1-3-13(25)11-22/h5-8,13-14,23H,1-4,9-12,22H2. The number of carbonyl (C=O) groups is 2. The molecule has 2 atom stereocenters. The monoisotopic (exact) mass is 516 g/mol. The van der Waals surface area contributed by atoms with Crippen molar-refractivity contribution in [1.29, 1.82) is 0 Å². The minimum Gasteiger partial charge on any atom is -0.337 e. The number of likely N-dealkylation sites (tertiary alicyclic amines) is 2. The number of carbonyl (C=O) groups excluding carboxylic acids is 2. The number of nitrogens with zero attached hydrogens (tertiary/aromatic N) is 2. The summed E-state index contributed by atoms with van der Waals surface area (Å²) in [4.78, 5) is 30.6. The summed E-state index contributed by atoms with van der Waals surface area (Å²) in [7, 11) is -3.87. The third-order valence-electron chi connectivity index (χ3n) is 5.79. The molecule has 4 heterocycles. The van der Waals surface area contributed by atoms with Crippen LogP contribution in [0.4, 0.5) is 0 Å². The molecule has 0 bridgehead atoms. The third kappa shape index (κ3) is 5.02. The van der Waals surface area contributed by atoms with Crippen molar-refractivity contribution in [2.24, 2.45) is 5.73 Å². The Bertz CT molecular complexity index is 1100. The minimum atomic E-state index is -3.87. The number of sulfonamides is 1. The van der Waals surface area contributed by atoms with E-state index in [9.17, 15) is 18.0 Å². The summed E-state index contributed by atoms with van der Waals surface area (Å²) < 4.78 is 29.2. The molecule has 12 heteroatoms. The Labute approximate surface area is 200 Å². The second kappa shape index (κ2) is 9.78. The zero-order valence-electron chi connectivity index (χ0n) is 17.3. The van der Waals surface area contributed by atoms with Gasteiger partial charge in [0.25, 0.3) is 10.0 Å². The van der Waals surface area contributed by atoms with Gasteiger partial charge in [0.05, 0.1) is 10.9 Å². The van der Waals surface area contributed by atoms with E-state index in [4.69, 9.17) is 17.3 Å². The Morgan fingerprint density at radius 1 is 1.12 bits per heavy atom. The maximum Gasteiger partial charge on any atom is 0.250 e. The molecule has 3 N–H and O–H groups in total. The van der Waals surface area contributed by atoms with E-state index in [1.165, 1.54) is 22.3 Å². The van der Waals surface area contributed by atoms with Crippen LogP contribution in [0.2, 0.25) is 4.34 Å². The summed E-state index contributed by atoms with van der Waals surface area (Å²) in [6.07, 6.45) is 2.80. The Kier molecular flexibility index (Phi) is 7.23. The summed E-state index contributed by atoms with van der Waals surface area (Å²) in [5.74, 6) is -0.495. The fourth-order valence-electron chi connectivity index (χ4n) is 4.16. The van der Waals surface area contributed by atoms with Crippen LogP contribution in [0.1, 0.15) is 25.7 Å². The van der Waals surface area contributed by atoms with Gasteiger partial charge in [0.15, 0.2) is 0 Å². The van der Waals surface area contributed by atoms with Gasteiger partial charge < -0.3 is 15.5 Å². The summed E-state index contributed by atoms with van der Waals surface area (Å²) in [5.41, 5.74) is 5.75. The van der Waals surface area contributed by atoms with Crippen molar-refractivity contribution in [3.05, 3.63) is 28.6 Å². The molecule has 0 aliphatic carbocycles. The van der Waals surface area contributed by atoms with Crippen LogP contribution < -0.4 is 10.5 Å². The van der Waals surface area contributed by atoms with Gasteiger partial charge in [0.2, 0.25) is 11.8 Å². The highest BCUT2D eigenvalue weighted by Gasteiger charge is 2.36. The van der Waals surface area contributed by atoms with Crippen LogP contribution in [0.25, 0.3) is 9.75 Å². The van der Waals surface area contributed by atoms with E-state index in [1.807, 2.05) is 6.07 Å². The first-order valence-electron chi connectivity index (χ1n) is 10.4. The topological polar surface area (TPSA) is 113 Å². The zero-order valence-corrected chi connectivity index (χ0v) is 20.5. The number of hydrogen-bond acceptors (Lipinski definition) is 7. The van der Waals surface area contributed by atoms with Crippen LogP contribution in [0, 0.1) is 0 Å². The molecule has 32 heavy (non-hydrogen) atoms. The van der Waals surface area contributed by atoms with Gasteiger partial charge >= 0.3 is 0 Å². The molecule has 2 amide bonds. The van der Waals surface area contributed by atoms with Crippen molar-refractivity contribution in [3.8, 4) is 9.75 Å². The van der Waals surface area contributed by atoms with E-state index in [2.05, 4.69) is 4.72 Å². The molecular formula is C20H25ClN4O4S3. The molecule has 2 unspecified atom stereocenters. The largest absolute Gasteiger partial charge is 0.337 e. The second-order valence-corrected chi connectivity index (χ2v) is 12.7.